The fourth-order valence-electron chi connectivity index (χ4n) is 4.47. The van der Waals surface area contributed by atoms with Crippen LogP contribution in [0.1, 0.15) is 0 Å². The molecule has 0 bridgehead atoms. The van der Waals surface area contributed by atoms with Gasteiger partial charge in [0.05, 0.1) is 48.8 Å². The second-order valence-corrected chi connectivity index (χ2v) is 7.96. The number of pyridine rings is 3. The van der Waals surface area contributed by atoms with E-state index in [-0.39, 0.29) is 0 Å². The summed E-state index contributed by atoms with van der Waals surface area (Å²) in [5.74, 6) is 0.604. The van der Waals surface area contributed by atoms with E-state index in [0.29, 0.717) is 5.88 Å². The van der Waals surface area contributed by atoms with Gasteiger partial charge in [0.2, 0.25) is 5.88 Å². The Morgan fingerprint density at radius 2 is 1.78 bits per heavy atom. The predicted molar refractivity (Wildman–Crippen MR) is 129 cm³/mol. The first-order valence-electron chi connectivity index (χ1n) is 10.5. The minimum absolute atomic E-state index is 0.604. The Labute approximate surface area is 185 Å². The molecule has 1 aliphatic heterocycles. The molecular weight excluding hydrogens is 398 g/mol. The molecule has 5 aromatic rings. The SMILES string of the molecule is COc1ccc(N2CN(C)c3cnc4ccc(-c5cncc6ccccc56)cc4c32)cn1. The van der Waals surface area contributed by atoms with Gasteiger partial charge < -0.3 is 14.5 Å². The molecule has 2 aromatic carbocycles. The van der Waals surface area contributed by atoms with E-state index < -0.39 is 0 Å². The molecule has 0 N–H and O–H groups in total. The molecule has 6 heteroatoms. The summed E-state index contributed by atoms with van der Waals surface area (Å²) < 4.78 is 5.24. The van der Waals surface area contributed by atoms with Gasteiger partial charge in [-0.3, -0.25) is 9.97 Å². The molecule has 6 rings (SSSR count). The fraction of sp³-hybridized carbons (Fsp3) is 0.115. The number of aromatic nitrogens is 3. The van der Waals surface area contributed by atoms with Crippen molar-refractivity contribution in [3.05, 3.63) is 79.4 Å². The van der Waals surface area contributed by atoms with Gasteiger partial charge >= 0.3 is 0 Å². The molecule has 0 saturated carbocycles. The van der Waals surface area contributed by atoms with Gasteiger partial charge in [0, 0.05) is 41.8 Å². The lowest BCUT2D eigenvalue weighted by molar-refractivity contribution is 0.398. The Kier molecular flexibility index (Phi) is 4.18. The summed E-state index contributed by atoms with van der Waals surface area (Å²) in [7, 11) is 3.71. The van der Waals surface area contributed by atoms with Crippen molar-refractivity contribution in [2.24, 2.45) is 0 Å². The number of hydrogen-bond donors (Lipinski definition) is 0. The number of nitrogens with zero attached hydrogens (tertiary/aromatic N) is 5. The van der Waals surface area contributed by atoms with Crippen LogP contribution in [0.2, 0.25) is 0 Å². The molecule has 156 valence electrons. The summed E-state index contributed by atoms with van der Waals surface area (Å²) in [4.78, 5) is 18.1. The summed E-state index contributed by atoms with van der Waals surface area (Å²) in [5, 5.41) is 3.43. The lowest BCUT2D eigenvalue weighted by atomic mass is 9.99. The summed E-state index contributed by atoms with van der Waals surface area (Å²) >= 11 is 0. The lowest BCUT2D eigenvalue weighted by Gasteiger charge is -2.20. The first-order chi connectivity index (χ1) is 15.7. The molecular formula is C26H21N5O. The van der Waals surface area contributed by atoms with Crippen molar-refractivity contribution in [1.82, 2.24) is 15.0 Å². The van der Waals surface area contributed by atoms with Crippen LogP contribution in [-0.4, -0.2) is 35.8 Å². The van der Waals surface area contributed by atoms with Crippen molar-refractivity contribution in [1.29, 1.82) is 0 Å². The Morgan fingerprint density at radius 3 is 2.62 bits per heavy atom. The van der Waals surface area contributed by atoms with Crippen LogP contribution in [0.3, 0.4) is 0 Å². The highest BCUT2D eigenvalue weighted by Crippen LogP contribution is 2.45. The maximum absolute atomic E-state index is 5.24. The molecule has 4 heterocycles. The minimum atomic E-state index is 0.604. The Bertz CT molecular complexity index is 1460. The highest BCUT2D eigenvalue weighted by molar-refractivity contribution is 6.05. The fourth-order valence-corrected chi connectivity index (χ4v) is 4.47. The van der Waals surface area contributed by atoms with Crippen molar-refractivity contribution >= 4 is 38.7 Å². The zero-order valence-corrected chi connectivity index (χ0v) is 17.9. The van der Waals surface area contributed by atoms with Crippen LogP contribution in [0.4, 0.5) is 17.1 Å². The maximum atomic E-state index is 5.24. The van der Waals surface area contributed by atoms with Crippen LogP contribution in [0.25, 0.3) is 32.8 Å². The highest BCUT2D eigenvalue weighted by atomic mass is 16.5. The zero-order chi connectivity index (χ0) is 21.7. The van der Waals surface area contributed by atoms with E-state index in [9.17, 15) is 0 Å². The Morgan fingerprint density at radius 1 is 0.875 bits per heavy atom. The van der Waals surface area contributed by atoms with E-state index in [2.05, 4.69) is 63.2 Å². The van der Waals surface area contributed by atoms with Crippen molar-refractivity contribution < 1.29 is 4.74 Å². The van der Waals surface area contributed by atoms with Gasteiger partial charge in [-0.2, -0.15) is 0 Å². The van der Waals surface area contributed by atoms with Crippen LogP contribution in [0.15, 0.2) is 79.4 Å². The third kappa shape index (κ3) is 2.84. The summed E-state index contributed by atoms with van der Waals surface area (Å²) in [6.45, 7) is 0.726. The van der Waals surface area contributed by atoms with Crippen molar-refractivity contribution in [3.63, 3.8) is 0 Å². The van der Waals surface area contributed by atoms with E-state index in [0.717, 1.165) is 51.1 Å². The molecule has 0 fully saturated rings. The van der Waals surface area contributed by atoms with E-state index in [1.807, 2.05) is 43.0 Å². The summed E-state index contributed by atoms with van der Waals surface area (Å²) in [5.41, 5.74) is 6.45. The molecule has 0 amide bonds. The Hall–Kier alpha value is -4.19. The number of fused-ring (bicyclic) bond motifs is 4. The smallest absolute Gasteiger partial charge is 0.213 e. The third-order valence-corrected chi connectivity index (χ3v) is 6.08. The molecule has 6 nitrogen and oxygen atoms in total. The minimum Gasteiger partial charge on any atom is -0.481 e. The summed E-state index contributed by atoms with van der Waals surface area (Å²) in [6, 6.07) is 18.7. The van der Waals surface area contributed by atoms with Gasteiger partial charge in [-0.1, -0.05) is 30.3 Å². The van der Waals surface area contributed by atoms with Crippen LogP contribution >= 0.6 is 0 Å². The van der Waals surface area contributed by atoms with Crippen LogP contribution < -0.4 is 14.5 Å². The van der Waals surface area contributed by atoms with Gasteiger partial charge in [0.25, 0.3) is 0 Å². The number of ether oxygens (including phenoxy) is 1. The molecule has 3 aromatic heterocycles. The molecule has 0 aliphatic carbocycles. The standard InChI is InChI=1S/C26H21N5O/c1-30-16-31(19-8-10-25(32-2)29-13-19)26-21-11-17(7-9-23(21)28-15-24(26)30)22-14-27-12-18-5-3-4-6-20(18)22/h3-15H,16H2,1-2H3. The molecule has 0 saturated heterocycles. The third-order valence-electron chi connectivity index (χ3n) is 6.08. The van der Waals surface area contributed by atoms with Crippen LogP contribution in [-0.2, 0) is 0 Å². The number of methoxy groups -OCH3 is 1. The number of rotatable bonds is 3. The average Bonchev–Trinajstić information content (AvgIpc) is 3.20. The average molecular weight is 419 g/mol. The highest BCUT2D eigenvalue weighted by Gasteiger charge is 2.28. The number of benzene rings is 2. The molecule has 32 heavy (non-hydrogen) atoms. The maximum Gasteiger partial charge on any atom is 0.213 e. The van der Waals surface area contributed by atoms with Gasteiger partial charge in [-0.15, -0.1) is 0 Å². The van der Waals surface area contributed by atoms with E-state index >= 15 is 0 Å². The predicted octanol–water partition coefficient (Wildman–Crippen LogP) is 5.40. The molecule has 0 atom stereocenters. The molecule has 0 unspecified atom stereocenters. The van der Waals surface area contributed by atoms with Gasteiger partial charge in [-0.05, 0) is 29.1 Å². The first-order valence-corrected chi connectivity index (χ1v) is 10.5. The number of anilines is 3. The van der Waals surface area contributed by atoms with E-state index in [1.165, 1.54) is 5.39 Å². The Balaban J connectivity index is 1.56. The second kappa shape index (κ2) is 7.20. The zero-order valence-electron chi connectivity index (χ0n) is 17.9. The van der Waals surface area contributed by atoms with Crippen molar-refractivity contribution in [3.8, 4) is 17.0 Å². The molecule has 0 spiro atoms. The first kappa shape index (κ1) is 18.6. The second-order valence-electron chi connectivity index (χ2n) is 7.96. The summed E-state index contributed by atoms with van der Waals surface area (Å²) in [6.07, 6.45) is 7.66. The molecule has 1 aliphatic rings. The topological polar surface area (TPSA) is 54.4 Å². The van der Waals surface area contributed by atoms with E-state index in [4.69, 9.17) is 9.72 Å². The van der Waals surface area contributed by atoms with Gasteiger partial charge in [-0.25, -0.2) is 4.98 Å². The van der Waals surface area contributed by atoms with Crippen LogP contribution in [0, 0.1) is 0 Å². The van der Waals surface area contributed by atoms with Gasteiger partial charge in [0.1, 0.15) is 0 Å². The van der Waals surface area contributed by atoms with Crippen molar-refractivity contribution in [2.75, 3.05) is 30.6 Å². The van der Waals surface area contributed by atoms with E-state index in [1.54, 1.807) is 7.11 Å². The quantitative estimate of drug-likeness (QED) is 0.390. The number of hydrogen-bond acceptors (Lipinski definition) is 6. The lowest BCUT2D eigenvalue weighted by Crippen LogP contribution is -2.24. The monoisotopic (exact) mass is 419 g/mol. The normalized spacial score (nSPS) is 13.1. The van der Waals surface area contributed by atoms with Crippen molar-refractivity contribution in [2.45, 2.75) is 0 Å². The van der Waals surface area contributed by atoms with Gasteiger partial charge in [0.15, 0.2) is 0 Å². The largest absolute Gasteiger partial charge is 0.481 e. The molecule has 0 radical (unpaired) electrons. The van der Waals surface area contributed by atoms with Crippen LogP contribution in [0.5, 0.6) is 5.88 Å².